The van der Waals surface area contributed by atoms with Crippen LogP contribution in [0.25, 0.3) is 0 Å². The van der Waals surface area contributed by atoms with Crippen molar-refractivity contribution in [3.63, 3.8) is 0 Å². The molecule has 9 nitrogen and oxygen atoms in total. The number of amides is 1. The second-order valence-corrected chi connectivity index (χ2v) is 7.78. The van der Waals surface area contributed by atoms with Gasteiger partial charge in [0.1, 0.15) is 0 Å². The van der Waals surface area contributed by atoms with Gasteiger partial charge in [0.2, 0.25) is 5.91 Å². The van der Waals surface area contributed by atoms with Crippen LogP contribution in [-0.4, -0.2) is 31.0 Å². The highest BCUT2D eigenvalue weighted by molar-refractivity contribution is 7.99. The number of anilines is 1. The van der Waals surface area contributed by atoms with E-state index in [4.69, 9.17) is 0 Å². The Kier molecular flexibility index (Phi) is 6.06. The Hall–Kier alpha value is -2.36. The molecule has 2 rings (SSSR count). The maximum Gasteiger partial charge on any atom is 0.483 e. The van der Waals surface area contributed by atoms with Gasteiger partial charge in [-0.1, -0.05) is 11.8 Å². The standard InChI is InChI=1S/C15H13N2O7PS/c1-9(18)16-10-2-5-12(6-3-10)26-14-7-4-11(17(20)21)8-13(14)15(19)25(22,23)24/h2-8,22-24H,1H3/p+1. The number of nitrogens with one attached hydrogen (secondary N) is 1. The first-order valence-corrected chi connectivity index (χ1v) is 9.50. The molecule has 0 fully saturated rings. The van der Waals surface area contributed by atoms with Gasteiger partial charge in [-0.05, 0) is 30.3 Å². The first-order chi connectivity index (χ1) is 12.1. The van der Waals surface area contributed by atoms with Crippen LogP contribution < -0.4 is 5.32 Å². The fourth-order valence-corrected chi connectivity index (χ4v) is 3.49. The van der Waals surface area contributed by atoms with Crippen molar-refractivity contribution >= 4 is 42.5 Å². The number of nitro benzene ring substituents is 1. The van der Waals surface area contributed by atoms with Crippen molar-refractivity contribution in [2.45, 2.75) is 16.7 Å². The second-order valence-electron chi connectivity index (χ2n) is 5.12. The summed E-state index contributed by atoms with van der Waals surface area (Å²) in [5.41, 5.74) is -1.60. The predicted octanol–water partition coefficient (Wildman–Crippen LogP) is 2.58. The van der Waals surface area contributed by atoms with Gasteiger partial charge in [-0.25, -0.2) is 4.79 Å². The van der Waals surface area contributed by atoms with Crippen molar-refractivity contribution in [2.24, 2.45) is 0 Å². The number of benzene rings is 2. The Balaban J connectivity index is 2.37. The number of nitro groups is 1. The van der Waals surface area contributed by atoms with Crippen LogP contribution in [0.3, 0.4) is 0 Å². The molecule has 11 heteroatoms. The maximum atomic E-state index is 12.0. The van der Waals surface area contributed by atoms with Crippen molar-refractivity contribution in [3.8, 4) is 0 Å². The van der Waals surface area contributed by atoms with Crippen molar-refractivity contribution < 1.29 is 29.2 Å². The average molecular weight is 397 g/mol. The van der Waals surface area contributed by atoms with Crippen LogP contribution in [0, 0.1) is 10.1 Å². The number of nitrogens with zero attached hydrogens (tertiary/aromatic N) is 1. The van der Waals surface area contributed by atoms with Crippen LogP contribution in [-0.2, 0) is 4.79 Å². The van der Waals surface area contributed by atoms with Crippen LogP contribution in [0.1, 0.15) is 17.3 Å². The molecule has 136 valence electrons. The van der Waals surface area contributed by atoms with Gasteiger partial charge in [0.25, 0.3) is 5.69 Å². The highest BCUT2D eigenvalue weighted by Crippen LogP contribution is 2.50. The first-order valence-electron chi connectivity index (χ1n) is 7.04. The molecule has 1 amide bonds. The summed E-state index contributed by atoms with van der Waals surface area (Å²) in [7, 11) is -4.86. The lowest BCUT2D eigenvalue weighted by Gasteiger charge is -2.09. The Morgan fingerprint density at radius 1 is 1.12 bits per heavy atom. The summed E-state index contributed by atoms with van der Waals surface area (Å²) >= 11 is 1.03. The van der Waals surface area contributed by atoms with Crippen LogP contribution >= 0.6 is 19.7 Å². The van der Waals surface area contributed by atoms with E-state index in [1.807, 2.05) is 0 Å². The molecule has 0 radical (unpaired) electrons. The van der Waals surface area contributed by atoms with E-state index in [1.165, 1.54) is 13.0 Å². The van der Waals surface area contributed by atoms with Crippen LogP contribution in [0.15, 0.2) is 52.3 Å². The van der Waals surface area contributed by atoms with Gasteiger partial charge in [-0.3, -0.25) is 14.9 Å². The van der Waals surface area contributed by atoms with E-state index in [1.54, 1.807) is 24.3 Å². The third-order valence-electron chi connectivity index (χ3n) is 3.08. The molecule has 0 spiro atoms. The topological polar surface area (TPSA) is 150 Å². The third-order valence-corrected chi connectivity index (χ3v) is 4.95. The average Bonchev–Trinajstić information content (AvgIpc) is 2.55. The van der Waals surface area contributed by atoms with E-state index in [2.05, 4.69) is 5.32 Å². The minimum Gasteiger partial charge on any atom is -0.326 e. The van der Waals surface area contributed by atoms with E-state index in [0.717, 1.165) is 23.9 Å². The smallest absolute Gasteiger partial charge is 0.326 e. The largest absolute Gasteiger partial charge is 0.483 e. The third kappa shape index (κ3) is 5.07. The molecule has 0 saturated carbocycles. The molecule has 2 aromatic carbocycles. The number of hydrogen-bond donors (Lipinski definition) is 4. The fraction of sp³-hybridized carbons (Fsp3) is 0.0667. The molecule has 0 saturated heterocycles. The summed E-state index contributed by atoms with van der Waals surface area (Å²) in [6.07, 6.45) is 0. The summed E-state index contributed by atoms with van der Waals surface area (Å²) in [4.78, 5) is 61.7. The predicted molar refractivity (Wildman–Crippen MR) is 95.9 cm³/mol. The van der Waals surface area contributed by atoms with E-state index >= 15 is 0 Å². The van der Waals surface area contributed by atoms with Crippen molar-refractivity contribution in [2.75, 3.05) is 5.32 Å². The van der Waals surface area contributed by atoms with E-state index in [-0.39, 0.29) is 16.4 Å². The van der Waals surface area contributed by atoms with Gasteiger partial charge in [0.05, 0.1) is 10.5 Å². The molecular weight excluding hydrogens is 383 g/mol. The molecule has 0 aliphatic heterocycles. The highest BCUT2D eigenvalue weighted by Gasteiger charge is 2.45. The van der Waals surface area contributed by atoms with Gasteiger partial charge in [0.15, 0.2) is 0 Å². The Morgan fingerprint density at radius 2 is 1.73 bits per heavy atom. The summed E-state index contributed by atoms with van der Waals surface area (Å²) in [5, 5.41) is 13.5. The Labute approximate surface area is 152 Å². The normalized spacial score (nSPS) is 11.1. The number of rotatable bonds is 6. The SMILES string of the molecule is CC(=O)Nc1ccc(Sc2ccc([N+](=O)[O-])cc2C(=O)[P+](O)(O)O)cc1. The minimum atomic E-state index is -4.86. The quantitative estimate of drug-likeness (QED) is 0.330. The lowest BCUT2D eigenvalue weighted by atomic mass is 10.2. The van der Waals surface area contributed by atoms with Crippen LogP contribution in [0.2, 0.25) is 0 Å². The first kappa shape index (κ1) is 20.0. The zero-order valence-electron chi connectivity index (χ0n) is 13.3. The van der Waals surface area contributed by atoms with Gasteiger partial charge in [-0.2, -0.15) is 14.7 Å². The molecule has 0 unspecified atom stereocenters. The number of hydrogen-bond acceptors (Lipinski definition) is 8. The van der Waals surface area contributed by atoms with Gasteiger partial charge >= 0.3 is 13.5 Å². The molecular formula is C15H14N2O7PS+. The Morgan fingerprint density at radius 3 is 2.23 bits per heavy atom. The monoisotopic (exact) mass is 397 g/mol. The summed E-state index contributed by atoms with van der Waals surface area (Å²) in [6.45, 7) is 1.37. The summed E-state index contributed by atoms with van der Waals surface area (Å²) in [6, 6.07) is 9.87. The van der Waals surface area contributed by atoms with Gasteiger partial charge in [0, 0.05) is 34.5 Å². The molecule has 0 aliphatic rings. The molecule has 0 bridgehead atoms. The molecule has 0 atom stereocenters. The summed E-state index contributed by atoms with van der Waals surface area (Å²) in [5.74, 6) is -0.234. The number of carbonyl (C=O) groups excluding carboxylic acids is 2. The molecule has 0 heterocycles. The minimum absolute atomic E-state index is 0.203. The van der Waals surface area contributed by atoms with Gasteiger partial charge < -0.3 is 5.32 Å². The van der Waals surface area contributed by atoms with Crippen LogP contribution in [0.4, 0.5) is 11.4 Å². The maximum absolute atomic E-state index is 12.0. The number of carbonyl (C=O) groups is 2. The summed E-state index contributed by atoms with van der Waals surface area (Å²) < 4.78 is 0. The van der Waals surface area contributed by atoms with Gasteiger partial charge in [-0.15, -0.1) is 0 Å². The van der Waals surface area contributed by atoms with Crippen molar-refractivity contribution in [3.05, 3.63) is 58.1 Å². The molecule has 26 heavy (non-hydrogen) atoms. The van der Waals surface area contributed by atoms with E-state index < -0.39 is 24.1 Å². The highest BCUT2D eigenvalue weighted by atomic mass is 32.2. The molecule has 2 aromatic rings. The Bertz CT molecular complexity index is 865. The van der Waals surface area contributed by atoms with Crippen molar-refractivity contribution in [1.82, 2.24) is 0 Å². The van der Waals surface area contributed by atoms with E-state index in [0.29, 0.717) is 10.6 Å². The lowest BCUT2D eigenvalue weighted by Crippen LogP contribution is -2.07. The zero-order chi connectivity index (χ0) is 19.5. The molecule has 0 aromatic heterocycles. The van der Waals surface area contributed by atoms with Crippen molar-refractivity contribution in [1.29, 1.82) is 0 Å². The zero-order valence-corrected chi connectivity index (χ0v) is 15.0. The fourth-order valence-electron chi connectivity index (χ4n) is 1.99. The number of non-ortho nitro benzene ring substituents is 1. The van der Waals surface area contributed by atoms with Crippen LogP contribution in [0.5, 0.6) is 0 Å². The molecule has 0 aliphatic carbocycles. The second kappa shape index (κ2) is 7.90. The lowest BCUT2D eigenvalue weighted by molar-refractivity contribution is -0.384. The molecule has 4 N–H and O–H groups in total. The van der Waals surface area contributed by atoms with E-state index in [9.17, 15) is 34.4 Å².